The molecule has 0 aromatic rings. The summed E-state index contributed by atoms with van der Waals surface area (Å²) in [6.45, 7) is 4.85. The van der Waals surface area contributed by atoms with Gasteiger partial charge in [0.2, 0.25) is 0 Å². The minimum Gasteiger partial charge on any atom is -0.463 e. The lowest BCUT2D eigenvalue weighted by atomic mass is 10.1. The van der Waals surface area contributed by atoms with Gasteiger partial charge >= 0.3 is 5.97 Å². The van der Waals surface area contributed by atoms with Crippen molar-refractivity contribution in [3.05, 3.63) is 0 Å². The molecule has 0 amide bonds. The third-order valence-electron chi connectivity index (χ3n) is 4.13. The van der Waals surface area contributed by atoms with Crippen molar-refractivity contribution in [2.24, 2.45) is 0 Å². The van der Waals surface area contributed by atoms with E-state index in [9.17, 15) is 4.79 Å². The standard InChI is InChI=1S/C19H38O3/c1-4-6-8-10-12-14-16-19(20)22-17-18(21-3)15-13-11-9-7-5-2/h18H,4-17H2,1-3H3. The zero-order valence-electron chi connectivity index (χ0n) is 15.2. The molecule has 0 bridgehead atoms. The highest BCUT2D eigenvalue weighted by molar-refractivity contribution is 5.69. The zero-order chi connectivity index (χ0) is 16.5. The monoisotopic (exact) mass is 314 g/mol. The summed E-state index contributed by atoms with van der Waals surface area (Å²) in [5, 5.41) is 0. The zero-order valence-corrected chi connectivity index (χ0v) is 15.2. The third-order valence-corrected chi connectivity index (χ3v) is 4.13. The summed E-state index contributed by atoms with van der Waals surface area (Å²) < 4.78 is 10.7. The highest BCUT2D eigenvalue weighted by Gasteiger charge is 2.10. The Balaban J connectivity index is 3.51. The van der Waals surface area contributed by atoms with Crippen LogP contribution in [0.5, 0.6) is 0 Å². The van der Waals surface area contributed by atoms with Gasteiger partial charge in [0.05, 0.1) is 6.10 Å². The van der Waals surface area contributed by atoms with Gasteiger partial charge in [-0.15, -0.1) is 0 Å². The van der Waals surface area contributed by atoms with E-state index in [1.165, 1.54) is 51.4 Å². The number of ether oxygens (including phenoxy) is 2. The predicted molar refractivity (Wildman–Crippen MR) is 93.1 cm³/mol. The Morgan fingerprint density at radius 3 is 1.95 bits per heavy atom. The van der Waals surface area contributed by atoms with E-state index >= 15 is 0 Å². The molecule has 0 saturated carbocycles. The molecule has 22 heavy (non-hydrogen) atoms. The quantitative estimate of drug-likeness (QED) is 0.272. The van der Waals surface area contributed by atoms with Crippen molar-refractivity contribution in [3.8, 4) is 0 Å². The average molecular weight is 315 g/mol. The third kappa shape index (κ3) is 14.4. The molecular weight excluding hydrogens is 276 g/mol. The maximum Gasteiger partial charge on any atom is 0.305 e. The molecule has 0 aromatic heterocycles. The Morgan fingerprint density at radius 2 is 1.36 bits per heavy atom. The van der Waals surface area contributed by atoms with Crippen molar-refractivity contribution in [1.82, 2.24) is 0 Å². The van der Waals surface area contributed by atoms with Gasteiger partial charge < -0.3 is 9.47 Å². The normalized spacial score (nSPS) is 12.3. The minimum atomic E-state index is -0.0662. The molecule has 0 saturated heterocycles. The highest BCUT2D eigenvalue weighted by atomic mass is 16.6. The number of rotatable bonds is 16. The Bertz CT molecular complexity index is 241. The fourth-order valence-electron chi connectivity index (χ4n) is 2.55. The Labute approximate surface area is 138 Å². The molecule has 0 N–H and O–H groups in total. The molecule has 0 spiro atoms. The maximum absolute atomic E-state index is 11.7. The SMILES string of the molecule is CCCCCCCCC(=O)OCC(CCCCCCC)OC. The van der Waals surface area contributed by atoms with Crippen LogP contribution in [0.3, 0.4) is 0 Å². The lowest BCUT2D eigenvalue weighted by Crippen LogP contribution is -2.20. The first-order chi connectivity index (χ1) is 10.7. The fourth-order valence-corrected chi connectivity index (χ4v) is 2.55. The van der Waals surface area contributed by atoms with Crippen LogP contribution in [-0.2, 0) is 14.3 Å². The van der Waals surface area contributed by atoms with Crippen LogP contribution in [0, 0.1) is 0 Å². The molecular formula is C19H38O3. The molecule has 1 unspecified atom stereocenters. The Morgan fingerprint density at radius 1 is 0.818 bits per heavy atom. The van der Waals surface area contributed by atoms with E-state index in [0.717, 1.165) is 25.7 Å². The molecule has 0 fully saturated rings. The van der Waals surface area contributed by atoms with Gasteiger partial charge in [-0.25, -0.2) is 0 Å². The number of methoxy groups -OCH3 is 1. The van der Waals surface area contributed by atoms with Gasteiger partial charge in [0, 0.05) is 13.5 Å². The average Bonchev–Trinajstić information content (AvgIpc) is 2.53. The van der Waals surface area contributed by atoms with E-state index < -0.39 is 0 Å². The van der Waals surface area contributed by atoms with Gasteiger partial charge in [-0.1, -0.05) is 78.1 Å². The van der Waals surface area contributed by atoms with Gasteiger partial charge in [0.15, 0.2) is 0 Å². The summed E-state index contributed by atoms with van der Waals surface area (Å²) in [6.07, 6.45) is 15.1. The molecule has 0 aliphatic heterocycles. The first-order valence-corrected chi connectivity index (χ1v) is 9.43. The molecule has 0 radical (unpaired) electrons. The predicted octanol–water partition coefficient (Wildman–Crippen LogP) is 5.66. The van der Waals surface area contributed by atoms with E-state index in [4.69, 9.17) is 9.47 Å². The van der Waals surface area contributed by atoms with Crippen molar-refractivity contribution >= 4 is 5.97 Å². The first-order valence-electron chi connectivity index (χ1n) is 9.43. The van der Waals surface area contributed by atoms with Crippen LogP contribution in [-0.4, -0.2) is 25.8 Å². The summed E-state index contributed by atoms with van der Waals surface area (Å²) in [7, 11) is 1.71. The smallest absolute Gasteiger partial charge is 0.305 e. The molecule has 0 rings (SSSR count). The number of carbonyl (C=O) groups is 1. The van der Waals surface area contributed by atoms with Gasteiger partial charge in [-0.3, -0.25) is 4.79 Å². The summed E-state index contributed by atoms with van der Waals surface area (Å²) in [5.74, 6) is -0.0662. The molecule has 0 aliphatic carbocycles. The van der Waals surface area contributed by atoms with E-state index in [1.807, 2.05) is 0 Å². The molecule has 3 heteroatoms. The van der Waals surface area contributed by atoms with Crippen LogP contribution in [0.15, 0.2) is 0 Å². The number of hydrogen-bond acceptors (Lipinski definition) is 3. The van der Waals surface area contributed by atoms with Crippen LogP contribution in [0.1, 0.15) is 97.3 Å². The number of carbonyl (C=O) groups excluding carboxylic acids is 1. The van der Waals surface area contributed by atoms with E-state index in [-0.39, 0.29) is 12.1 Å². The highest BCUT2D eigenvalue weighted by Crippen LogP contribution is 2.11. The lowest BCUT2D eigenvalue weighted by Gasteiger charge is -2.15. The number of unbranched alkanes of at least 4 members (excludes halogenated alkanes) is 9. The van der Waals surface area contributed by atoms with Crippen LogP contribution in [0.25, 0.3) is 0 Å². The second-order valence-electron chi connectivity index (χ2n) is 6.26. The summed E-state index contributed by atoms with van der Waals surface area (Å²) in [4.78, 5) is 11.7. The van der Waals surface area contributed by atoms with Crippen LogP contribution >= 0.6 is 0 Å². The Kier molecular flexibility index (Phi) is 16.4. The van der Waals surface area contributed by atoms with E-state index in [2.05, 4.69) is 13.8 Å². The second kappa shape index (κ2) is 16.8. The number of hydrogen-bond donors (Lipinski definition) is 0. The van der Waals surface area contributed by atoms with Crippen molar-refractivity contribution in [2.45, 2.75) is 103 Å². The lowest BCUT2D eigenvalue weighted by molar-refractivity contribution is -0.147. The van der Waals surface area contributed by atoms with Gasteiger partial charge in [-0.2, -0.15) is 0 Å². The maximum atomic E-state index is 11.7. The van der Waals surface area contributed by atoms with E-state index in [0.29, 0.717) is 13.0 Å². The molecule has 0 aromatic carbocycles. The fraction of sp³-hybridized carbons (Fsp3) is 0.947. The Hall–Kier alpha value is -0.570. The van der Waals surface area contributed by atoms with Crippen molar-refractivity contribution in [1.29, 1.82) is 0 Å². The van der Waals surface area contributed by atoms with E-state index in [1.54, 1.807) is 7.11 Å². The van der Waals surface area contributed by atoms with Crippen molar-refractivity contribution in [3.63, 3.8) is 0 Å². The van der Waals surface area contributed by atoms with Crippen molar-refractivity contribution < 1.29 is 14.3 Å². The van der Waals surface area contributed by atoms with Crippen LogP contribution in [0.4, 0.5) is 0 Å². The summed E-state index contributed by atoms with van der Waals surface area (Å²) in [6, 6.07) is 0. The summed E-state index contributed by atoms with van der Waals surface area (Å²) in [5.41, 5.74) is 0. The molecule has 1 atom stereocenters. The van der Waals surface area contributed by atoms with Crippen LogP contribution in [0.2, 0.25) is 0 Å². The van der Waals surface area contributed by atoms with Gasteiger partial charge in [0.1, 0.15) is 6.61 Å². The molecule has 0 aliphatic rings. The van der Waals surface area contributed by atoms with Crippen molar-refractivity contribution in [2.75, 3.05) is 13.7 Å². The topological polar surface area (TPSA) is 35.5 Å². The molecule has 132 valence electrons. The first kappa shape index (κ1) is 21.4. The largest absolute Gasteiger partial charge is 0.463 e. The van der Waals surface area contributed by atoms with Gasteiger partial charge in [-0.05, 0) is 12.8 Å². The number of esters is 1. The van der Waals surface area contributed by atoms with Gasteiger partial charge in [0.25, 0.3) is 0 Å². The molecule has 0 heterocycles. The molecule has 3 nitrogen and oxygen atoms in total. The second-order valence-corrected chi connectivity index (χ2v) is 6.26. The minimum absolute atomic E-state index is 0.0649. The van der Waals surface area contributed by atoms with Crippen LogP contribution < -0.4 is 0 Å². The summed E-state index contributed by atoms with van der Waals surface area (Å²) >= 11 is 0.